The van der Waals surface area contributed by atoms with Gasteiger partial charge >= 0.3 is 0 Å². The van der Waals surface area contributed by atoms with E-state index in [-0.39, 0.29) is 6.61 Å². The van der Waals surface area contributed by atoms with Crippen LogP contribution in [0.4, 0.5) is 0 Å². The molecule has 5 heteroatoms. The van der Waals surface area contributed by atoms with Crippen molar-refractivity contribution in [3.63, 3.8) is 0 Å². The Kier molecular flexibility index (Phi) is 7.99. The summed E-state index contributed by atoms with van der Waals surface area (Å²) in [5.74, 6) is 0.965. The Morgan fingerprint density at radius 3 is 2.88 bits per heavy atom. The quantitative estimate of drug-likeness (QED) is 0.693. The molecule has 24 heavy (non-hydrogen) atoms. The summed E-state index contributed by atoms with van der Waals surface area (Å²) in [6, 6.07) is 8.91. The summed E-state index contributed by atoms with van der Waals surface area (Å²) in [7, 11) is 6.32. The van der Waals surface area contributed by atoms with Gasteiger partial charge in [0.2, 0.25) is 0 Å². The van der Waals surface area contributed by atoms with Crippen LogP contribution in [0.15, 0.2) is 24.3 Å². The number of piperazine rings is 1. The van der Waals surface area contributed by atoms with E-state index < -0.39 is 0 Å². The molecule has 1 atom stereocenters. The molecule has 1 saturated heterocycles. The van der Waals surface area contributed by atoms with Gasteiger partial charge in [-0.1, -0.05) is 12.1 Å². The van der Waals surface area contributed by atoms with E-state index in [1.807, 2.05) is 6.07 Å². The van der Waals surface area contributed by atoms with Gasteiger partial charge in [0.15, 0.2) is 0 Å². The van der Waals surface area contributed by atoms with Crippen LogP contribution < -0.4 is 4.74 Å². The average Bonchev–Trinajstić information content (AvgIpc) is 2.55. The van der Waals surface area contributed by atoms with Crippen LogP contribution in [-0.2, 0) is 6.54 Å². The van der Waals surface area contributed by atoms with Gasteiger partial charge in [-0.25, -0.2) is 0 Å². The van der Waals surface area contributed by atoms with E-state index in [0.717, 1.165) is 57.9 Å². The lowest BCUT2D eigenvalue weighted by Crippen LogP contribution is -2.51. The molecule has 0 spiro atoms. The highest BCUT2D eigenvalue weighted by Gasteiger charge is 2.23. The minimum absolute atomic E-state index is 0.263. The van der Waals surface area contributed by atoms with Crippen LogP contribution >= 0.6 is 0 Å². The Hall–Kier alpha value is -1.14. The van der Waals surface area contributed by atoms with Crippen molar-refractivity contribution in [2.24, 2.45) is 0 Å². The Bertz CT molecular complexity index is 481. The van der Waals surface area contributed by atoms with Gasteiger partial charge < -0.3 is 19.6 Å². The molecule has 5 nitrogen and oxygen atoms in total. The van der Waals surface area contributed by atoms with Gasteiger partial charge in [-0.05, 0) is 51.7 Å². The smallest absolute Gasteiger partial charge is 0.119 e. The second kappa shape index (κ2) is 9.99. The molecule has 0 radical (unpaired) electrons. The van der Waals surface area contributed by atoms with E-state index in [1.165, 1.54) is 5.56 Å². The highest BCUT2D eigenvalue weighted by atomic mass is 16.5. The van der Waals surface area contributed by atoms with Crippen LogP contribution in [0, 0.1) is 0 Å². The minimum atomic E-state index is 0.263. The number of aliphatic hydroxyl groups is 1. The lowest BCUT2D eigenvalue weighted by atomic mass is 10.1. The number of nitrogens with zero attached hydrogens (tertiary/aromatic N) is 3. The maximum atomic E-state index is 9.22. The van der Waals surface area contributed by atoms with E-state index in [9.17, 15) is 5.11 Å². The van der Waals surface area contributed by atoms with E-state index >= 15 is 0 Å². The highest BCUT2D eigenvalue weighted by molar-refractivity contribution is 5.28. The Balaban J connectivity index is 1.83. The predicted octanol–water partition coefficient (Wildman–Crippen LogP) is 1.52. The Labute approximate surface area is 146 Å². The largest absolute Gasteiger partial charge is 0.494 e. The second-order valence-electron chi connectivity index (χ2n) is 7.03. The summed E-state index contributed by atoms with van der Waals surface area (Å²) in [6.07, 6.45) is 1.89. The fourth-order valence-corrected chi connectivity index (χ4v) is 3.18. The molecule has 0 amide bonds. The normalized spacial score (nSPS) is 19.8. The molecule has 1 heterocycles. The average molecular weight is 335 g/mol. The molecule has 0 aliphatic carbocycles. The number of benzene rings is 1. The Morgan fingerprint density at radius 1 is 1.29 bits per heavy atom. The Morgan fingerprint density at radius 2 is 2.12 bits per heavy atom. The van der Waals surface area contributed by atoms with Gasteiger partial charge in [0.05, 0.1) is 6.61 Å². The van der Waals surface area contributed by atoms with Crippen LogP contribution in [0.3, 0.4) is 0 Å². The number of hydrogen-bond donors (Lipinski definition) is 1. The van der Waals surface area contributed by atoms with E-state index in [2.05, 4.69) is 54.0 Å². The fraction of sp³-hybridized carbons (Fsp3) is 0.684. The molecular formula is C19H33N3O2. The molecule has 0 saturated carbocycles. The van der Waals surface area contributed by atoms with Gasteiger partial charge in [-0.2, -0.15) is 0 Å². The zero-order valence-corrected chi connectivity index (χ0v) is 15.4. The third-order valence-corrected chi connectivity index (χ3v) is 4.65. The molecule has 1 aromatic carbocycles. The van der Waals surface area contributed by atoms with Crippen molar-refractivity contribution in [2.75, 3.05) is 60.5 Å². The second-order valence-corrected chi connectivity index (χ2v) is 7.03. The van der Waals surface area contributed by atoms with Crippen molar-refractivity contribution in [2.45, 2.75) is 25.4 Å². The van der Waals surface area contributed by atoms with E-state index in [0.29, 0.717) is 6.04 Å². The number of ether oxygens (including phenoxy) is 1. The molecule has 1 N–H and O–H groups in total. The lowest BCUT2D eigenvalue weighted by molar-refractivity contribution is 0.0742. The minimum Gasteiger partial charge on any atom is -0.494 e. The fourth-order valence-electron chi connectivity index (χ4n) is 3.18. The van der Waals surface area contributed by atoms with Crippen molar-refractivity contribution in [3.8, 4) is 5.75 Å². The van der Waals surface area contributed by atoms with Gasteiger partial charge in [-0.15, -0.1) is 0 Å². The van der Waals surface area contributed by atoms with Crippen LogP contribution in [0.1, 0.15) is 18.4 Å². The van der Waals surface area contributed by atoms with Crippen LogP contribution in [0.2, 0.25) is 0 Å². The van der Waals surface area contributed by atoms with Crippen molar-refractivity contribution in [1.82, 2.24) is 14.7 Å². The first-order chi connectivity index (χ1) is 11.6. The predicted molar refractivity (Wildman–Crippen MR) is 98.5 cm³/mol. The third-order valence-electron chi connectivity index (χ3n) is 4.65. The maximum absolute atomic E-state index is 9.22. The topological polar surface area (TPSA) is 39.2 Å². The molecular weight excluding hydrogens is 302 g/mol. The summed E-state index contributed by atoms with van der Waals surface area (Å²) in [4.78, 5) is 7.01. The summed E-state index contributed by atoms with van der Waals surface area (Å²) in [5.41, 5.74) is 1.30. The van der Waals surface area contributed by atoms with Crippen molar-refractivity contribution < 1.29 is 9.84 Å². The monoisotopic (exact) mass is 335 g/mol. The lowest BCUT2D eigenvalue weighted by Gasteiger charge is -2.39. The molecule has 1 aliphatic heterocycles. The summed E-state index contributed by atoms with van der Waals surface area (Å²) in [6.45, 7) is 6.18. The first kappa shape index (κ1) is 19.2. The number of likely N-dealkylation sites (N-methyl/N-ethyl adjacent to an activating group) is 1. The van der Waals surface area contributed by atoms with E-state index in [1.54, 1.807) is 0 Å². The molecule has 0 aromatic heterocycles. The SMILES string of the molecule is CN(C)CCCOc1cccc(CN2CCN(C)[C@@H](CCO)C2)c1. The molecule has 2 rings (SSSR count). The highest BCUT2D eigenvalue weighted by Crippen LogP contribution is 2.18. The third kappa shape index (κ3) is 6.40. The van der Waals surface area contributed by atoms with Gasteiger partial charge in [-0.3, -0.25) is 4.90 Å². The molecule has 0 bridgehead atoms. The molecule has 1 aliphatic rings. The zero-order valence-electron chi connectivity index (χ0n) is 15.4. The van der Waals surface area contributed by atoms with Crippen LogP contribution in [0.25, 0.3) is 0 Å². The van der Waals surface area contributed by atoms with Gasteiger partial charge in [0, 0.05) is 45.4 Å². The van der Waals surface area contributed by atoms with E-state index in [4.69, 9.17) is 4.74 Å². The number of rotatable bonds is 9. The van der Waals surface area contributed by atoms with Gasteiger partial charge in [0.1, 0.15) is 5.75 Å². The van der Waals surface area contributed by atoms with Crippen molar-refractivity contribution in [1.29, 1.82) is 0 Å². The van der Waals surface area contributed by atoms with Crippen LogP contribution in [0.5, 0.6) is 5.75 Å². The molecule has 1 fully saturated rings. The maximum Gasteiger partial charge on any atom is 0.119 e. The first-order valence-electron chi connectivity index (χ1n) is 8.98. The number of aliphatic hydroxyl groups excluding tert-OH is 1. The summed E-state index contributed by atoms with van der Waals surface area (Å²) < 4.78 is 5.88. The summed E-state index contributed by atoms with van der Waals surface area (Å²) in [5, 5.41) is 9.22. The molecule has 1 aromatic rings. The van der Waals surface area contributed by atoms with Crippen LogP contribution in [-0.4, -0.2) is 86.4 Å². The standard InChI is InChI=1S/C19H33N3O2/c1-20(2)9-5-13-24-19-7-4-6-17(14-19)15-22-11-10-21(3)18(16-22)8-12-23/h4,6-7,14,18,23H,5,8-13,15-16H2,1-3H3/t18-/m0/s1. The molecule has 136 valence electrons. The zero-order chi connectivity index (χ0) is 17.4. The van der Waals surface area contributed by atoms with Crippen molar-refractivity contribution >= 4 is 0 Å². The van der Waals surface area contributed by atoms with Crippen molar-refractivity contribution in [3.05, 3.63) is 29.8 Å². The first-order valence-corrected chi connectivity index (χ1v) is 8.98. The molecule has 0 unspecified atom stereocenters. The number of hydrogen-bond acceptors (Lipinski definition) is 5. The summed E-state index contributed by atoms with van der Waals surface area (Å²) >= 11 is 0. The van der Waals surface area contributed by atoms with Gasteiger partial charge in [0.25, 0.3) is 0 Å².